The number of hydrogen-bond acceptors (Lipinski definition) is 4. The van der Waals surface area contributed by atoms with Gasteiger partial charge in [0.15, 0.2) is 0 Å². The van der Waals surface area contributed by atoms with Gasteiger partial charge < -0.3 is 10.6 Å². The predicted molar refractivity (Wildman–Crippen MR) is 143 cm³/mol. The quantitative estimate of drug-likeness (QED) is 0.345. The Kier molecular flexibility index (Phi) is 7.61. The molecule has 196 valence electrons. The maximum Gasteiger partial charge on any atom is 0.324 e. The maximum atomic E-state index is 14.8. The summed E-state index contributed by atoms with van der Waals surface area (Å²) in [6.45, 7) is 10.1. The number of halogens is 1. The lowest BCUT2D eigenvalue weighted by Gasteiger charge is -2.14. The molecule has 0 saturated heterocycles. The lowest BCUT2D eigenvalue weighted by molar-refractivity contribution is -0.117. The van der Waals surface area contributed by atoms with Crippen molar-refractivity contribution in [2.45, 2.75) is 71.8 Å². The molecule has 0 spiro atoms. The fourth-order valence-corrected chi connectivity index (χ4v) is 3.89. The molecule has 1 aliphatic carbocycles. The monoisotopic (exact) mass is 506 g/mol. The molecular weight excluding hydrogens is 471 g/mol. The van der Waals surface area contributed by atoms with Crippen molar-refractivity contribution in [3.05, 3.63) is 65.2 Å². The van der Waals surface area contributed by atoms with Gasteiger partial charge in [0, 0.05) is 29.6 Å². The van der Waals surface area contributed by atoms with Gasteiger partial charge in [-0.1, -0.05) is 26.8 Å². The number of nitrogens with one attached hydrogen (secondary N) is 3. The molecule has 1 aliphatic rings. The largest absolute Gasteiger partial charge is 0.324 e. The van der Waals surface area contributed by atoms with Crippen LogP contribution in [0.5, 0.6) is 0 Å². The lowest BCUT2D eigenvalue weighted by atomic mass is 9.92. The molecule has 1 aromatic carbocycles. The van der Waals surface area contributed by atoms with E-state index in [0.717, 1.165) is 29.7 Å². The molecule has 2 heterocycles. The zero-order valence-corrected chi connectivity index (χ0v) is 22.1. The van der Waals surface area contributed by atoms with Crippen LogP contribution in [0.2, 0.25) is 0 Å². The van der Waals surface area contributed by atoms with E-state index in [4.69, 9.17) is 0 Å². The first-order chi connectivity index (χ1) is 17.5. The van der Waals surface area contributed by atoms with Gasteiger partial charge in [0.25, 0.3) is 0 Å². The van der Waals surface area contributed by atoms with E-state index in [1.165, 1.54) is 6.07 Å². The van der Waals surface area contributed by atoms with Gasteiger partial charge in [-0.2, -0.15) is 5.10 Å². The Hall–Kier alpha value is -3.75. The molecule has 2 aromatic heterocycles. The number of benzene rings is 1. The van der Waals surface area contributed by atoms with E-state index in [2.05, 4.69) is 46.8 Å². The van der Waals surface area contributed by atoms with Gasteiger partial charge in [0.2, 0.25) is 5.91 Å². The zero-order valence-electron chi connectivity index (χ0n) is 22.1. The fourth-order valence-electron chi connectivity index (χ4n) is 3.89. The second-order valence-corrected chi connectivity index (χ2v) is 10.9. The lowest BCUT2D eigenvalue weighted by Crippen LogP contribution is -2.22. The summed E-state index contributed by atoms with van der Waals surface area (Å²) in [6.07, 6.45) is 4.80. The SMILES string of the molecule is CC(C)n1nc(C(C)(C)C)cc1NC(=O)Nc1ccc(CCc2ccnc(NC(=O)C3CC3)c2)cc1F. The molecule has 4 rings (SSSR count). The van der Waals surface area contributed by atoms with Gasteiger partial charge in [0.05, 0.1) is 11.4 Å². The van der Waals surface area contributed by atoms with E-state index >= 15 is 0 Å². The van der Waals surface area contributed by atoms with Crippen molar-refractivity contribution in [3.8, 4) is 0 Å². The number of urea groups is 1. The van der Waals surface area contributed by atoms with Crippen molar-refractivity contribution in [1.29, 1.82) is 0 Å². The Morgan fingerprint density at radius 2 is 1.73 bits per heavy atom. The number of rotatable bonds is 8. The summed E-state index contributed by atoms with van der Waals surface area (Å²) in [4.78, 5) is 28.8. The van der Waals surface area contributed by atoms with Crippen LogP contribution in [-0.4, -0.2) is 26.7 Å². The highest BCUT2D eigenvalue weighted by Gasteiger charge is 2.29. The van der Waals surface area contributed by atoms with Crippen molar-refractivity contribution in [2.75, 3.05) is 16.0 Å². The van der Waals surface area contributed by atoms with E-state index < -0.39 is 11.8 Å². The minimum atomic E-state index is -0.536. The van der Waals surface area contributed by atoms with Gasteiger partial charge in [0.1, 0.15) is 17.5 Å². The summed E-state index contributed by atoms with van der Waals surface area (Å²) in [5.41, 5.74) is 2.59. The van der Waals surface area contributed by atoms with Gasteiger partial charge in [-0.25, -0.2) is 18.9 Å². The van der Waals surface area contributed by atoms with Gasteiger partial charge in [-0.05, 0) is 74.9 Å². The van der Waals surface area contributed by atoms with Crippen LogP contribution in [0, 0.1) is 11.7 Å². The Bertz CT molecular complexity index is 1290. The summed E-state index contributed by atoms with van der Waals surface area (Å²) in [5, 5.41) is 12.9. The maximum absolute atomic E-state index is 14.8. The molecule has 9 heteroatoms. The standard InChI is InChI=1S/C28H35FN6O2/c1-17(2)35-25(16-23(34-35)28(3,4)5)33-27(37)31-22-11-8-18(14-21(22)29)6-7-19-12-13-30-24(15-19)32-26(36)20-9-10-20/h8,11-17,20H,6-7,9-10H2,1-5H3,(H,30,32,36)(H2,31,33,37). The fraction of sp³-hybridized carbons (Fsp3) is 0.429. The van der Waals surface area contributed by atoms with Crippen molar-refractivity contribution < 1.29 is 14.0 Å². The smallest absolute Gasteiger partial charge is 0.310 e. The first-order valence-electron chi connectivity index (χ1n) is 12.7. The van der Waals surface area contributed by atoms with E-state index in [0.29, 0.717) is 24.5 Å². The Morgan fingerprint density at radius 1 is 1.03 bits per heavy atom. The van der Waals surface area contributed by atoms with E-state index in [1.807, 2.05) is 32.0 Å². The van der Waals surface area contributed by atoms with Crippen LogP contribution >= 0.6 is 0 Å². The molecule has 37 heavy (non-hydrogen) atoms. The number of carbonyl (C=O) groups excluding carboxylic acids is 2. The first kappa shape index (κ1) is 26.3. The van der Waals surface area contributed by atoms with E-state index in [-0.39, 0.29) is 29.0 Å². The topological polar surface area (TPSA) is 101 Å². The number of pyridine rings is 1. The number of aryl methyl sites for hydroxylation is 2. The molecule has 0 bridgehead atoms. The molecular formula is C28H35FN6O2. The van der Waals surface area contributed by atoms with Crippen molar-refractivity contribution in [2.24, 2.45) is 5.92 Å². The summed E-state index contributed by atoms with van der Waals surface area (Å²) in [5.74, 6) is 0.717. The number of anilines is 3. The molecule has 0 aliphatic heterocycles. The molecule has 1 fully saturated rings. The highest BCUT2D eigenvalue weighted by atomic mass is 19.1. The first-order valence-corrected chi connectivity index (χ1v) is 12.7. The van der Waals surface area contributed by atoms with Crippen molar-refractivity contribution >= 4 is 29.3 Å². The normalized spacial score (nSPS) is 13.5. The third kappa shape index (κ3) is 6.93. The van der Waals surface area contributed by atoms with E-state index in [1.54, 1.807) is 23.0 Å². The minimum absolute atomic E-state index is 0.0159. The molecule has 1 saturated carbocycles. The summed E-state index contributed by atoms with van der Waals surface area (Å²) >= 11 is 0. The number of nitrogens with zero attached hydrogens (tertiary/aromatic N) is 3. The summed E-state index contributed by atoms with van der Waals surface area (Å²) in [6, 6.07) is 9.90. The average molecular weight is 507 g/mol. The Balaban J connectivity index is 1.35. The van der Waals surface area contributed by atoms with Crippen molar-refractivity contribution in [1.82, 2.24) is 14.8 Å². The van der Waals surface area contributed by atoms with Crippen LogP contribution < -0.4 is 16.0 Å². The molecule has 8 nitrogen and oxygen atoms in total. The number of aromatic nitrogens is 3. The molecule has 0 radical (unpaired) electrons. The van der Waals surface area contributed by atoms with Gasteiger partial charge >= 0.3 is 6.03 Å². The van der Waals surface area contributed by atoms with Crippen LogP contribution in [0.15, 0.2) is 42.6 Å². The number of amides is 3. The summed E-state index contributed by atoms with van der Waals surface area (Å²) < 4.78 is 16.6. The third-order valence-corrected chi connectivity index (χ3v) is 6.24. The van der Waals surface area contributed by atoms with Crippen LogP contribution in [0.1, 0.15) is 70.3 Å². The number of carbonyl (C=O) groups is 2. The third-order valence-electron chi connectivity index (χ3n) is 6.24. The molecule has 3 amide bonds. The van der Waals surface area contributed by atoms with Crippen LogP contribution in [0.4, 0.5) is 26.5 Å². The number of hydrogen-bond donors (Lipinski definition) is 3. The van der Waals surface area contributed by atoms with Crippen LogP contribution in [-0.2, 0) is 23.1 Å². The second-order valence-electron chi connectivity index (χ2n) is 10.9. The Labute approximate surface area is 217 Å². The average Bonchev–Trinajstić information content (AvgIpc) is 3.58. The highest BCUT2D eigenvalue weighted by molar-refractivity contribution is 5.99. The minimum Gasteiger partial charge on any atom is -0.310 e. The zero-order chi connectivity index (χ0) is 26.7. The Morgan fingerprint density at radius 3 is 2.35 bits per heavy atom. The molecule has 3 aromatic rings. The molecule has 3 N–H and O–H groups in total. The highest BCUT2D eigenvalue weighted by Crippen LogP contribution is 2.30. The second kappa shape index (κ2) is 10.7. The van der Waals surface area contributed by atoms with Gasteiger partial charge in [-0.15, -0.1) is 0 Å². The predicted octanol–water partition coefficient (Wildman–Crippen LogP) is 6.07. The van der Waals surface area contributed by atoms with Crippen LogP contribution in [0.25, 0.3) is 0 Å². The summed E-state index contributed by atoms with van der Waals surface area (Å²) in [7, 11) is 0. The van der Waals surface area contributed by atoms with Crippen molar-refractivity contribution in [3.63, 3.8) is 0 Å². The van der Waals surface area contributed by atoms with Crippen LogP contribution in [0.3, 0.4) is 0 Å². The molecule has 0 unspecified atom stereocenters. The van der Waals surface area contributed by atoms with E-state index in [9.17, 15) is 14.0 Å². The molecule has 0 atom stereocenters. The van der Waals surface area contributed by atoms with Gasteiger partial charge in [-0.3, -0.25) is 10.1 Å².